The second kappa shape index (κ2) is 11.8. The van der Waals surface area contributed by atoms with Gasteiger partial charge in [0, 0.05) is 23.6 Å². The maximum absolute atomic E-state index is 13.0. The minimum absolute atomic E-state index is 0. The van der Waals surface area contributed by atoms with E-state index < -0.39 is 35.2 Å². The van der Waals surface area contributed by atoms with Gasteiger partial charge in [-0.3, -0.25) is 19.3 Å². The number of nitrogens with two attached hydrogens (primary N) is 1. The average molecular weight is 545 g/mol. The van der Waals surface area contributed by atoms with E-state index in [1.807, 2.05) is 0 Å². The minimum Gasteiger partial charge on any atom is -0.543 e. The number of hydrogen-bond acceptors (Lipinski definition) is 14. The Morgan fingerprint density at radius 1 is 1.39 bits per heavy atom. The number of rotatable bonds is 9. The quantitative estimate of drug-likeness (QED) is 0.0887. The molecule has 2 aromatic rings. The van der Waals surface area contributed by atoms with Crippen molar-refractivity contribution in [3.8, 4) is 0 Å². The molecular formula is C18H17N8NaO7S2. The number of amides is 2. The Morgan fingerprint density at radius 2 is 2.17 bits per heavy atom. The van der Waals surface area contributed by atoms with Crippen LogP contribution in [0.25, 0.3) is 0 Å². The van der Waals surface area contributed by atoms with Gasteiger partial charge in [-0.25, -0.2) is 4.98 Å². The molecule has 4 rings (SSSR count). The first-order valence-electron chi connectivity index (χ1n) is 9.84. The van der Waals surface area contributed by atoms with Crippen molar-refractivity contribution in [1.29, 1.82) is 0 Å². The maximum Gasteiger partial charge on any atom is 1.00 e. The summed E-state index contributed by atoms with van der Waals surface area (Å²) in [6, 6.07) is -1.05. The van der Waals surface area contributed by atoms with Gasteiger partial charge in [0.05, 0.1) is 17.9 Å². The van der Waals surface area contributed by atoms with Gasteiger partial charge >= 0.3 is 35.5 Å². The van der Waals surface area contributed by atoms with Gasteiger partial charge in [0.25, 0.3) is 11.8 Å². The van der Waals surface area contributed by atoms with Crippen molar-refractivity contribution in [3.05, 3.63) is 34.2 Å². The van der Waals surface area contributed by atoms with Crippen LogP contribution in [0.5, 0.6) is 0 Å². The first kappa shape index (κ1) is 27.6. The van der Waals surface area contributed by atoms with Crippen molar-refractivity contribution in [2.24, 2.45) is 5.16 Å². The summed E-state index contributed by atoms with van der Waals surface area (Å²) in [5, 5.41) is 28.9. The number of nitrogens with zero attached hydrogens (tertiary/aromatic N) is 5. The average Bonchev–Trinajstić information content (AvgIpc) is 3.49. The van der Waals surface area contributed by atoms with Gasteiger partial charge in [-0.05, 0) is 0 Å². The zero-order valence-corrected chi connectivity index (χ0v) is 22.6. The van der Waals surface area contributed by atoms with Gasteiger partial charge < -0.3 is 30.5 Å². The Hall–Kier alpha value is -2.99. The third-order valence-corrected chi connectivity index (χ3v) is 6.80. The Bertz CT molecular complexity index is 1230. The van der Waals surface area contributed by atoms with Gasteiger partial charge in [0.1, 0.15) is 29.4 Å². The normalized spacial score (nSPS) is 19.1. The number of carbonyl (C=O) groups excluding carboxylic acids is 4. The molecule has 2 aliphatic heterocycles. The van der Waals surface area contributed by atoms with Gasteiger partial charge in [-0.2, -0.15) is 15.4 Å². The Balaban J connectivity index is 0.00000361. The number of carboxylic acids is 1. The number of nitrogen functional groups attached to an aromatic ring is 1. The topological polar surface area (TPSA) is 218 Å². The molecule has 0 bridgehead atoms. The summed E-state index contributed by atoms with van der Waals surface area (Å²) in [6.07, 6.45) is 1.41. The van der Waals surface area contributed by atoms with E-state index in [-0.39, 0.29) is 76.3 Å². The van der Waals surface area contributed by atoms with Crippen molar-refractivity contribution >= 4 is 57.7 Å². The van der Waals surface area contributed by atoms with Crippen LogP contribution in [0, 0.1) is 0 Å². The molecule has 0 unspecified atom stereocenters. The first-order chi connectivity index (χ1) is 16.8. The van der Waals surface area contributed by atoms with Gasteiger partial charge in [-0.15, -0.1) is 23.1 Å². The first-order valence-corrected chi connectivity index (χ1v) is 11.8. The molecule has 0 radical (unpaired) electrons. The standard InChI is InChI=1S/C18H18N8O7S2.Na/c1-7(27)32-3-8-5-34-16-12(15(29)26(16)13(8)17(30)31)22-14(28)11(10-6-35-18(19)21-10)24-33-4-9-2-20-25-23-9;/h2,6,12,16H,3-5H2,1H3,(H2,19,21)(H,22,28)(H,30,31)(H,20,23,25);/q;+1/p-1/b24-11+;/t12-,16-;/m1./s1. The molecule has 0 aromatic carbocycles. The van der Waals surface area contributed by atoms with Crippen LogP contribution in [-0.4, -0.2) is 78.5 Å². The molecule has 4 heterocycles. The molecule has 36 heavy (non-hydrogen) atoms. The second-order valence-electron chi connectivity index (χ2n) is 7.13. The molecule has 2 aliphatic rings. The zero-order chi connectivity index (χ0) is 25.1. The predicted molar refractivity (Wildman–Crippen MR) is 118 cm³/mol. The third kappa shape index (κ3) is 5.86. The fourth-order valence-corrected chi connectivity index (χ4v) is 5.11. The SMILES string of the molecule is CC(=O)OCC1=C(C(=O)[O-])N2C(=O)[C@@H](NC(=O)/C(=N/OCc3cn[nH]n3)c3csc(N)n3)[C@H]2SC1.[Na+]. The van der Waals surface area contributed by atoms with Crippen LogP contribution in [0.3, 0.4) is 0 Å². The number of thiazole rings is 1. The van der Waals surface area contributed by atoms with Crippen LogP contribution in [0.4, 0.5) is 5.13 Å². The van der Waals surface area contributed by atoms with Gasteiger partial charge in [0.2, 0.25) is 0 Å². The summed E-state index contributed by atoms with van der Waals surface area (Å²) in [5.41, 5.74) is 5.84. The molecule has 1 fully saturated rings. The summed E-state index contributed by atoms with van der Waals surface area (Å²) in [6.45, 7) is 0.805. The third-order valence-electron chi connectivity index (χ3n) is 4.79. The van der Waals surface area contributed by atoms with Crippen LogP contribution in [-0.2, 0) is 35.4 Å². The smallest absolute Gasteiger partial charge is 0.543 e. The molecule has 18 heteroatoms. The van der Waals surface area contributed by atoms with Crippen LogP contribution in [0.1, 0.15) is 18.3 Å². The molecule has 15 nitrogen and oxygen atoms in total. The molecule has 2 amide bonds. The van der Waals surface area contributed by atoms with Crippen LogP contribution < -0.4 is 45.7 Å². The Labute approximate surface area is 233 Å². The van der Waals surface area contributed by atoms with Gasteiger partial charge in [0.15, 0.2) is 17.5 Å². The number of aromatic amines is 1. The number of H-pyrrole nitrogens is 1. The maximum atomic E-state index is 13.0. The molecule has 1 saturated heterocycles. The fourth-order valence-electron chi connectivity index (χ4n) is 3.24. The van der Waals surface area contributed by atoms with E-state index in [2.05, 4.69) is 30.9 Å². The number of carboxylic acid groups (broad SMARTS) is 1. The minimum atomic E-state index is -1.59. The van der Waals surface area contributed by atoms with E-state index in [0.717, 1.165) is 16.2 Å². The van der Waals surface area contributed by atoms with E-state index in [1.165, 1.54) is 30.3 Å². The van der Waals surface area contributed by atoms with Crippen LogP contribution >= 0.6 is 23.1 Å². The van der Waals surface area contributed by atoms with E-state index in [0.29, 0.717) is 5.69 Å². The van der Waals surface area contributed by atoms with Crippen molar-refractivity contribution < 1.29 is 63.4 Å². The Morgan fingerprint density at radius 3 is 2.78 bits per heavy atom. The number of β-lactam (4-membered cyclic amide) rings is 1. The molecule has 0 aliphatic carbocycles. The predicted octanol–water partition coefficient (Wildman–Crippen LogP) is -5.26. The number of oxime groups is 1. The summed E-state index contributed by atoms with van der Waals surface area (Å²) in [4.78, 5) is 58.9. The summed E-state index contributed by atoms with van der Waals surface area (Å²) in [5.74, 6) is -3.48. The molecule has 0 saturated carbocycles. The largest absolute Gasteiger partial charge is 1.00 e. The summed E-state index contributed by atoms with van der Waals surface area (Å²) in [7, 11) is 0. The monoisotopic (exact) mass is 544 g/mol. The van der Waals surface area contributed by atoms with Crippen LogP contribution in [0.15, 0.2) is 28.0 Å². The van der Waals surface area contributed by atoms with Crippen molar-refractivity contribution in [3.63, 3.8) is 0 Å². The van der Waals surface area contributed by atoms with Crippen molar-refractivity contribution in [2.75, 3.05) is 18.1 Å². The summed E-state index contributed by atoms with van der Waals surface area (Å²) >= 11 is 2.28. The van der Waals surface area contributed by atoms with E-state index in [4.69, 9.17) is 15.3 Å². The zero-order valence-electron chi connectivity index (χ0n) is 18.9. The van der Waals surface area contributed by atoms with Crippen molar-refractivity contribution in [2.45, 2.75) is 24.9 Å². The molecule has 0 spiro atoms. The van der Waals surface area contributed by atoms with Crippen molar-refractivity contribution in [1.82, 2.24) is 30.6 Å². The number of hydrogen-bond donors (Lipinski definition) is 3. The van der Waals surface area contributed by atoms with Gasteiger partial charge in [-0.1, -0.05) is 5.16 Å². The summed E-state index contributed by atoms with van der Waals surface area (Å²) < 4.78 is 4.88. The number of fused-ring (bicyclic) bond motifs is 1. The number of nitrogens with one attached hydrogen (secondary N) is 2. The number of ether oxygens (including phenoxy) is 1. The van der Waals surface area contributed by atoms with E-state index in [9.17, 15) is 24.3 Å². The molecular weight excluding hydrogens is 527 g/mol. The molecule has 2 aromatic heterocycles. The number of carbonyl (C=O) groups is 4. The van der Waals surface area contributed by atoms with Crippen LogP contribution in [0.2, 0.25) is 0 Å². The van der Waals surface area contributed by atoms with E-state index in [1.54, 1.807) is 0 Å². The molecule has 184 valence electrons. The number of esters is 1. The molecule has 4 N–H and O–H groups in total. The van der Waals surface area contributed by atoms with E-state index >= 15 is 0 Å². The second-order valence-corrected chi connectivity index (χ2v) is 9.12. The number of aromatic nitrogens is 4. The number of aliphatic carboxylic acids is 1. The number of thioether (sulfide) groups is 1. The number of anilines is 1. The Kier molecular flexibility index (Phi) is 9.07. The molecule has 2 atom stereocenters. The fraction of sp³-hybridized carbons (Fsp3) is 0.333.